The average Bonchev–Trinajstić information content (AvgIpc) is 2.37. The van der Waals surface area contributed by atoms with Gasteiger partial charge in [0.15, 0.2) is 0 Å². The minimum atomic E-state index is -0.744. The van der Waals surface area contributed by atoms with Gasteiger partial charge >= 0.3 is 5.97 Å². The second kappa shape index (κ2) is 4.67. The van der Waals surface area contributed by atoms with Crippen LogP contribution in [0.3, 0.4) is 0 Å². The van der Waals surface area contributed by atoms with Gasteiger partial charge < -0.3 is 9.84 Å². The Morgan fingerprint density at radius 2 is 1.89 bits per heavy atom. The average molecular weight is 256 g/mol. The van der Waals surface area contributed by atoms with Crippen molar-refractivity contribution in [1.29, 1.82) is 0 Å². The van der Waals surface area contributed by atoms with Gasteiger partial charge in [-0.2, -0.15) is 0 Å². The zero-order chi connectivity index (χ0) is 13.3. The highest BCUT2D eigenvalue weighted by molar-refractivity contribution is 5.87. The number of benzene rings is 2. The van der Waals surface area contributed by atoms with Crippen molar-refractivity contribution in [2.75, 3.05) is 13.2 Å². The van der Waals surface area contributed by atoms with E-state index in [2.05, 4.69) is 24.3 Å². The number of carboxylic acid groups (broad SMARTS) is 1. The molecule has 0 bridgehead atoms. The Hall–Kier alpha value is -1.87. The number of carbonyl (C=O) groups is 1. The summed E-state index contributed by atoms with van der Waals surface area (Å²) in [5.74, 6) is -0.744. The van der Waals surface area contributed by atoms with Gasteiger partial charge in [-0.15, -0.1) is 0 Å². The number of rotatable bonds is 4. The van der Waals surface area contributed by atoms with Gasteiger partial charge in [0, 0.05) is 11.8 Å². The third-order valence-electron chi connectivity index (χ3n) is 3.94. The monoisotopic (exact) mass is 256 g/mol. The van der Waals surface area contributed by atoms with Crippen molar-refractivity contribution >= 4 is 16.7 Å². The number of hydrogen-bond donors (Lipinski definition) is 1. The van der Waals surface area contributed by atoms with Crippen LogP contribution in [0.25, 0.3) is 10.8 Å². The first-order valence-electron chi connectivity index (χ1n) is 6.49. The van der Waals surface area contributed by atoms with E-state index in [1.54, 1.807) is 0 Å². The highest BCUT2D eigenvalue weighted by atomic mass is 16.5. The molecule has 0 unspecified atom stereocenters. The fraction of sp³-hybridized carbons (Fsp3) is 0.312. The van der Waals surface area contributed by atoms with Crippen LogP contribution in [0.2, 0.25) is 0 Å². The Balaban J connectivity index is 2.04. The Bertz CT molecular complexity index is 609. The first-order valence-corrected chi connectivity index (χ1v) is 6.49. The van der Waals surface area contributed by atoms with Crippen LogP contribution in [0.5, 0.6) is 0 Å². The van der Waals surface area contributed by atoms with E-state index >= 15 is 0 Å². The van der Waals surface area contributed by atoms with Crippen LogP contribution in [0, 0.1) is 0 Å². The van der Waals surface area contributed by atoms with Crippen molar-refractivity contribution < 1.29 is 14.6 Å². The minimum Gasteiger partial charge on any atom is -0.481 e. The molecule has 0 spiro atoms. The minimum absolute atomic E-state index is 0.126. The zero-order valence-electron chi connectivity index (χ0n) is 10.6. The molecule has 1 aliphatic rings. The molecular formula is C16H16O3. The zero-order valence-corrected chi connectivity index (χ0v) is 10.6. The third kappa shape index (κ3) is 2.10. The number of carboxylic acids is 1. The molecule has 3 nitrogen and oxygen atoms in total. The largest absolute Gasteiger partial charge is 0.481 e. The number of ether oxygens (including phenoxy) is 1. The van der Waals surface area contributed by atoms with E-state index in [1.165, 1.54) is 16.3 Å². The lowest BCUT2D eigenvalue weighted by Gasteiger charge is -2.42. The van der Waals surface area contributed by atoms with Crippen LogP contribution in [0.15, 0.2) is 42.5 Å². The number of hydrogen-bond acceptors (Lipinski definition) is 2. The molecule has 0 amide bonds. The summed E-state index contributed by atoms with van der Waals surface area (Å²) in [4.78, 5) is 10.8. The summed E-state index contributed by atoms with van der Waals surface area (Å²) >= 11 is 0. The summed E-state index contributed by atoms with van der Waals surface area (Å²) in [6.45, 7) is 1.24. The van der Waals surface area contributed by atoms with Crippen molar-refractivity contribution in [2.45, 2.75) is 18.3 Å². The summed E-state index contributed by atoms with van der Waals surface area (Å²) in [7, 11) is 0. The molecule has 98 valence electrons. The Kier molecular flexibility index (Phi) is 2.99. The third-order valence-corrected chi connectivity index (χ3v) is 3.94. The predicted octanol–water partition coefficient (Wildman–Crippen LogP) is 2.97. The molecule has 1 aliphatic heterocycles. The molecule has 19 heavy (non-hydrogen) atoms. The van der Waals surface area contributed by atoms with E-state index < -0.39 is 5.97 Å². The van der Waals surface area contributed by atoms with Gasteiger partial charge in [-0.1, -0.05) is 42.5 Å². The van der Waals surface area contributed by atoms with Gasteiger partial charge in [-0.3, -0.25) is 4.79 Å². The molecule has 2 aromatic carbocycles. The van der Waals surface area contributed by atoms with Gasteiger partial charge in [-0.25, -0.2) is 0 Å². The Morgan fingerprint density at radius 1 is 1.16 bits per heavy atom. The maximum atomic E-state index is 10.8. The van der Waals surface area contributed by atoms with E-state index in [4.69, 9.17) is 9.84 Å². The number of aliphatic carboxylic acids is 1. The predicted molar refractivity (Wildman–Crippen MR) is 73.3 cm³/mol. The summed E-state index contributed by atoms with van der Waals surface area (Å²) in [5.41, 5.74) is 1.09. The molecule has 3 heteroatoms. The molecule has 3 rings (SSSR count). The van der Waals surface area contributed by atoms with E-state index in [0.29, 0.717) is 19.6 Å². The van der Waals surface area contributed by atoms with Gasteiger partial charge in [0.1, 0.15) is 0 Å². The van der Waals surface area contributed by atoms with E-state index in [1.807, 2.05) is 18.2 Å². The molecule has 0 aliphatic carbocycles. The van der Waals surface area contributed by atoms with Crippen LogP contribution in [-0.2, 0) is 14.9 Å². The van der Waals surface area contributed by atoms with Gasteiger partial charge in [0.05, 0.1) is 13.2 Å². The van der Waals surface area contributed by atoms with Crippen molar-refractivity contribution in [2.24, 2.45) is 0 Å². The second-order valence-electron chi connectivity index (χ2n) is 5.19. The maximum absolute atomic E-state index is 10.8. The van der Waals surface area contributed by atoms with E-state index in [9.17, 15) is 4.79 Å². The highest BCUT2D eigenvalue weighted by Gasteiger charge is 2.41. The number of fused-ring (bicyclic) bond motifs is 1. The Labute approximate surface area is 111 Å². The highest BCUT2D eigenvalue weighted by Crippen LogP contribution is 2.40. The molecule has 2 aromatic rings. The lowest BCUT2D eigenvalue weighted by atomic mass is 9.73. The maximum Gasteiger partial charge on any atom is 0.303 e. The normalized spacial score (nSPS) is 17.1. The lowest BCUT2D eigenvalue weighted by Crippen LogP contribution is -2.47. The molecule has 0 aromatic heterocycles. The van der Waals surface area contributed by atoms with E-state index in [-0.39, 0.29) is 11.8 Å². The van der Waals surface area contributed by atoms with Gasteiger partial charge in [0.25, 0.3) is 0 Å². The molecule has 0 atom stereocenters. The SMILES string of the molecule is O=C(O)CCC1(c2cccc3ccccc23)COC1. The van der Waals surface area contributed by atoms with Crippen LogP contribution in [0.1, 0.15) is 18.4 Å². The van der Waals surface area contributed by atoms with Crippen LogP contribution < -0.4 is 0 Å². The molecule has 0 radical (unpaired) electrons. The molecular weight excluding hydrogens is 240 g/mol. The van der Waals surface area contributed by atoms with Crippen LogP contribution in [0.4, 0.5) is 0 Å². The fourth-order valence-electron chi connectivity index (χ4n) is 2.82. The van der Waals surface area contributed by atoms with Crippen molar-refractivity contribution in [3.63, 3.8) is 0 Å². The van der Waals surface area contributed by atoms with Crippen molar-refractivity contribution in [1.82, 2.24) is 0 Å². The molecule has 1 N–H and O–H groups in total. The molecule has 1 heterocycles. The quantitative estimate of drug-likeness (QED) is 0.914. The van der Waals surface area contributed by atoms with Crippen molar-refractivity contribution in [3.8, 4) is 0 Å². The first kappa shape index (κ1) is 12.2. The second-order valence-corrected chi connectivity index (χ2v) is 5.19. The van der Waals surface area contributed by atoms with Crippen LogP contribution in [-0.4, -0.2) is 24.3 Å². The lowest BCUT2D eigenvalue weighted by molar-refractivity contribution is -0.139. The summed E-state index contributed by atoms with van der Waals surface area (Å²) < 4.78 is 5.38. The van der Waals surface area contributed by atoms with Crippen LogP contribution >= 0.6 is 0 Å². The summed E-state index contributed by atoms with van der Waals surface area (Å²) in [6.07, 6.45) is 0.822. The summed E-state index contributed by atoms with van der Waals surface area (Å²) in [6, 6.07) is 14.5. The van der Waals surface area contributed by atoms with Gasteiger partial charge in [0.2, 0.25) is 0 Å². The van der Waals surface area contributed by atoms with Crippen molar-refractivity contribution in [3.05, 3.63) is 48.0 Å². The molecule has 1 saturated heterocycles. The first-order chi connectivity index (χ1) is 9.21. The summed E-state index contributed by atoms with van der Waals surface area (Å²) in [5, 5.41) is 11.3. The molecule has 1 fully saturated rings. The molecule has 0 saturated carbocycles. The van der Waals surface area contributed by atoms with Gasteiger partial charge in [-0.05, 0) is 22.8 Å². The standard InChI is InChI=1S/C16H16O3/c17-15(18)8-9-16(10-19-11-16)14-7-3-5-12-4-1-2-6-13(12)14/h1-7H,8-11H2,(H,17,18). The topological polar surface area (TPSA) is 46.5 Å². The smallest absolute Gasteiger partial charge is 0.303 e. The van der Waals surface area contributed by atoms with E-state index in [0.717, 1.165) is 0 Å². The Morgan fingerprint density at radius 3 is 2.58 bits per heavy atom. The fourth-order valence-corrected chi connectivity index (χ4v) is 2.82.